The molecule has 1 heterocycles. The predicted octanol–water partition coefficient (Wildman–Crippen LogP) is 3.53. The molecule has 0 unspecified atom stereocenters. The van der Waals surface area contributed by atoms with Gasteiger partial charge >= 0.3 is 5.97 Å². The fraction of sp³-hybridized carbons (Fsp3) is 0.750. The summed E-state index contributed by atoms with van der Waals surface area (Å²) in [6.07, 6.45) is 7.22. The van der Waals surface area contributed by atoms with Gasteiger partial charge in [0.05, 0.1) is 12.4 Å². The Morgan fingerprint density at radius 2 is 2.11 bits per heavy atom. The maximum absolute atomic E-state index is 11.4. The average Bonchev–Trinajstić information content (AvgIpc) is 2.88. The molecule has 0 amide bonds. The average molecular weight is 288 g/mol. The molecule has 18 heavy (non-hydrogen) atoms. The molecule has 0 aliphatic carbocycles. The zero-order chi connectivity index (χ0) is 13.1. The van der Waals surface area contributed by atoms with Crippen LogP contribution in [0.5, 0.6) is 0 Å². The van der Waals surface area contributed by atoms with E-state index in [-0.39, 0.29) is 5.97 Å². The minimum absolute atomic E-state index is 0.163. The van der Waals surface area contributed by atoms with Crippen LogP contribution in [-0.2, 0) is 9.53 Å². The van der Waals surface area contributed by atoms with E-state index in [9.17, 15) is 4.79 Å². The highest BCUT2D eigenvalue weighted by molar-refractivity contribution is 8.01. The van der Waals surface area contributed by atoms with Crippen LogP contribution in [0.15, 0.2) is 9.85 Å². The fourth-order valence-electron chi connectivity index (χ4n) is 1.46. The number of hydrogen-bond donors (Lipinski definition) is 0. The Morgan fingerprint density at radius 3 is 2.83 bits per heavy atom. The second-order valence-electron chi connectivity index (χ2n) is 3.98. The number of carbonyl (C=O) groups excluding carboxylic acids is 1. The highest BCUT2D eigenvalue weighted by atomic mass is 32.2. The van der Waals surface area contributed by atoms with Gasteiger partial charge in [-0.1, -0.05) is 62.1 Å². The van der Waals surface area contributed by atoms with Gasteiger partial charge in [0.1, 0.15) is 5.51 Å². The Kier molecular flexibility index (Phi) is 8.85. The maximum Gasteiger partial charge on any atom is 0.316 e. The Balaban J connectivity index is 1.90. The van der Waals surface area contributed by atoms with Gasteiger partial charge in [0, 0.05) is 0 Å². The summed E-state index contributed by atoms with van der Waals surface area (Å²) in [6, 6.07) is 0. The van der Waals surface area contributed by atoms with Crippen LogP contribution in [0.3, 0.4) is 0 Å². The summed E-state index contributed by atoms with van der Waals surface area (Å²) in [7, 11) is 0. The van der Waals surface area contributed by atoms with Crippen molar-refractivity contribution in [1.29, 1.82) is 0 Å². The number of ether oxygens (including phenoxy) is 1. The Labute approximate surface area is 117 Å². The molecule has 1 aromatic rings. The first-order valence-electron chi connectivity index (χ1n) is 6.37. The first-order chi connectivity index (χ1) is 8.83. The first kappa shape index (κ1) is 15.4. The molecular formula is C12H20N2O2S2. The summed E-state index contributed by atoms with van der Waals surface area (Å²) < 4.78 is 5.96. The van der Waals surface area contributed by atoms with Crippen molar-refractivity contribution >= 4 is 29.1 Å². The third-order valence-corrected chi connectivity index (χ3v) is 4.25. The van der Waals surface area contributed by atoms with Crippen LogP contribution in [0.4, 0.5) is 0 Å². The van der Waals surface area contributed by atoms with Crippen molar-refractivity contribution in [3.63, 3.8) is 0 Å². The number of rotatable bonds is 10. The Morgan fingerprint density at radius 1 is 1.33 bits per heavy atom. The van der Waals surface area contributed by atoms with Gasteiger partial charge < -0.3 is 4.74 Å². The molecular weight excluding hydrogens is 268 g/mol. The molecule has 0 aliphatic heterocycles. The third-order valence-electron chi connectivity index (χ3n) is 2.41. The SMILES string of the molecule is CCCCCCCCOC(=O)CSc1nncs1. The molecule has 0 spiro atoms. The molecule has 102 valence electrons. The van der Waals surface area contributed by atoms with Crippen LogP contribution in [0.2, 0.25) is 0 Å². The molecule has 0 aromatic carbocycles. The van der Waals surface area contributed by atoms with E-state index >= 15 is 0 Å². The molecule has 0 fully saturated rings. The van der Waals surface area contributed by atoms with Crippen LogP contribution < -0.4 is 0 Å². The molecule has 0 bridgehead atoms. The van der Waals surface area contributed by atoms with E-state index in [4.69, 9.17) is 4.74 Å². The molecule has 6 heteroatoms. The second-order valence-corrected chi connectivity index (χ2v) is 6.04. The van der Waals surface area contributed by atoms with Crippen molar-refractivity contribution in [2.24, 2.45) is 0 Å². The topological polar surface area (TPSA) is 52.1 Å². The lowest BCUT2D eigenvalue weighted by molar-refractivity contribution is -0.140. The van der Waals surface area contributed by atoms with Crippen molar-refractivity contribution in [3.8, 4) is 0 Å². The number of esters is 1. The van der Waals surface area contributed by atoms with Crippen molar-refractivity contribution in [2.75, 3.05) is 12.4 Å². The van der Waals surface area contributed by atoms with Gasteiger partial charge in [0.2, 0.25) is 0 Å². The molecule has 0 saturated heterocycles. The molecule has 0 radical (unpaired) electrons. The standard InChI is InChI=1S/C12H20N2O2S2/c1-2-3-4-5-6-7-8-16-11(15)9-17-12-14-13-10-18-12/h10H,2-9H2,1H3. The summed E-state index contributed by atoms with van der Waals surface area (Å²) >= 11 is 2.82. The van der Waals surface area contributed by atoms with E-state index in [2.05, 4.69) is 17.1 Å². The highest BCUT2D eigenvalue weighted by Gasteiger charge is 2.05. The quantitative estimate of drug-likeness (QED) is 0.374. The van der Waals surface area contributed by atoms with Crippen molar-refractivity contribution in [1.82, 2.24) is 10.2 Å². The van der Waals surface area contributed by atoms with E-state index < -0.39 is 0 Å². The maximum atomic E-state index is 11.4. The van der Waals surface area contributed by atoms with Gasteiger partial charge in [-0.2, -0.15) is 0 Å². The molecule has 4 nitrogen and oxygen atoms in total. The number of hydrogen-bond acceptors (Lipinski definition) is 6. The summed E-state index contributed by atoms with van der Waals surface area (Å²) in [6.45, 7) is 2.75. The summed E-state index contributed by atoms with van der Waals surface area (Å²) in [4.78, 5) is 11.4. The van der Waals surface area contributed by atoms with Crippen LogP contribution in [-0.4, -0.2) is 28.5 Å². The van der Waals surface area contributed by atoms with Crippen LogP contribution in [0.25, 0.3) is 0 Å². The van der Waals surface area contributed by atoms with E-state index in [1.807, 2.05) is 0 Å². The summed E-state index contributed by atoms with van der Waals surface area (Å²) in [5.74, 6) is 0.161. The number of thioether (sulfide) groups is 1. The van der Waals surface area contributed by atoms with Gasteiger partial charge in [-0.05, 0) is 6.42 Å². The molecule has 0 atom stereocenters. The largest absolute Gasteiger partial charge is 0.465 e. The highest BCUT2D eigenvalue weighted by Crippen LogP contribution is 2.18. The van der Waals surface area contributed by atoms with Crippen LogP contribution >= 0.6 is 23.1 Å². The minimum Gasteiger partial charge on any atom is -0.465 e. The molecule has 0 N–H and O–H groups in total. The Bertz CT molecular complexity index is 318. The zero-order valence-electron chi connectivity index (χ0n) is 10.8. The number of nitrogens with zero attached hydrogens (tertiary/aromatic N) is 2. The number of aromatic nitrogens is 2. The van der Waals surface area contributed by atoms with E-state index in [0.29, 0.717) is 12.4 Å². The zero-order valence-corrected chi connectivity index (χ0v) is 12.4. The first-order valence-corrected chi connectivity index (χ1v) is 8.24. The lowest BCUT2D eigenvalue weighted by atomic mass is 10.1. The monoisotopic (exact) mass is 288 g/mol. The minimum atomic E-state index is -0.163. The van der Waals surface area contributed by atoms with Crippen LogP contribution in [0, 0.1) is 0 Å². The van der Waals surface area contributed by atoms with Gasteiger partial charge in [-0.15, -0.1) is 10.2 Å². The summed E-state index contributed by atoms with van der Waals surface area (Å²) in [5, 5.41) is 7.56. The fourth-order valence-corrected chi connectivity index (χ4v) is 2.74. The van der Waals surface area contributed by atoms with E-state index in [1.54, 1.807) is 5.51 Å². The van der Waals surface area contributed by atoms with E-state index in [0.717, 1.165) is 17.2 Å². The number of carbonyl (C=O) groups is 1. The lowest BCUT2D eigenvalue weighted by Gasteiger charge is -2.03. The predicted molar refractivity (Wildman–Crippen MR) is 75.0 cm³/mol. The van der Waals surface area contributed by atoms with Gasteiger partial charge in [-0.25, -0.2) is 0 Å². The lowest BCUT2D eigenvalue weighted by Crippen LogP contribution is -2.08. The summed E-state index contributed by atoms with van der Waals surface area (Å²) in [5.41, 5.74) is 1.66. The van der Waals surface area contributed by atoms with Crippen molar-refractivity contribution in [2.45, 2.75) is 49.8 Å². The van der Waals surface area contributed by atoms with Crippen molar-refractivity contribution < 1.29 is 9.53 Å². The Hall–Kier alpha value is -0.620. The number of unbranched alkanes of at least 4 members (excludes halogenated alkanes) is 5. The molecule has 1 aromatic heterocycles. The smallest absolute Gasteiger partial charge is 0.316 e. The van der Waals surface area contributed by atoms with Gasteiger partial charge in [0.15, 0.2) is 4.34 Å². The van der Waals surface area contributed by atoms with Gasteiger partial charge in [-0.3, -0.25) is 4.79 Å². The van der Waals surface area contributed by atoms with E-state index in [1.165, 1.54) is 48.8 Å². The third kappa shape index (κ3) is 7.66. The molecule has 0 aliphatic rings. The van der Waals surface area contributed by atoms with Gasteiger partial charge in [0.25, 0.3) is 0 Å². The van der Waals surface area contributed by atoms with Crippen molar-refractivity contribution in [3.05, 3.63) is 5.51 Å². The van der Waals surface area contributed by atoms with Crippen LogP contribution in [0.1, 0.15) is 45.4 Å². The second kappa shape index (κ2) is 10.3. The molecule has 1 rings (SSSR count). The molecule has 0 saturated carbocycles. The normalized spacial score (nSPS) is 10.5.